The van der Waals surface area contributed by atoms with Crippen LogP contribution in [0, 0.1) is 5.92 Å². The lowest BCUT2D eigenvalue weighted by molar-refractivity contribution is -0.132. The van der Waals surface area contributed by atoms with Crippen LogP contribution >= 0.6 is 0 Å². The van der Waals surface area contributed by atoms with Crippen LogP contribution in [0.3, 0.4) is 0 Å². The summed E-state index contributed by atoms with van der Waals surface area (Å²) in [6.45, 7) is 9.38. The molecular formula is C23H30N2O2. The molecule has 1 aliphatic heterocycles. The van der Waals surface area contributed by atoms with E-state index in [0.717, 1.165) is 50.6 Å². The third-order valence-corrected chi connectivity index (χ3v) is 4.81. The van der Waals surface area contributed by atoms with Crippen molar-refractivity contribution >= 4 is 5.91 Å². The summed E-state index contributed by atoms with van der Waals surface area (Å²) < 4.78 is 5.83. The van der Waals surface area contributed by atoms with Gasteiger partial charge in [0, 0.05) is 32.7 Å². The normalized spacial score (nSPS) is 15.1. The first-order chi connectivity index (χ1) is 13.1. The first-order valence-electron chi connectivity index (χ1n) is 9.86. The van der Waals surface area contributed by atoms with Crippen LogP contribution in [0.1, 0.15) is 25.0 Å². The zero-order valence-electron chi connectivity index (χ0n) is 16.4. The number of ether oxygens (including phenoxy) is 1. The Hall–Kier alpha value is -2.33. The van der Waals surface area contributed by atoms with Gasteiger partial charge in [-0.25, -0.2) is 0 Å². The van der Waals surface area contributed by atoms with Crippen LogP contribution in [0.4, 0.5) is 0 Å². The highest BCUT2D eigenvalue weighted by Gasteiger charge is 2.21. The summed E-state index contributed by atoms with van der Waals surface area (Å²) in [5, 5.41) is 0. The van der Waals surface area contributed by atoms with Crippen LogP contribution in [0.15, 0.2) is 54.6 Å². The number of nitrogens with zero attached hydrogens (tertiary/aromatic N) is 2. The van der Waals surface area contributed by atoms with Crippen molar-refractivity contribution in [2.75, 3.05) is 32.8 Å². The second-order valence-corrected chi connectivity index (χ2v) is 7.67. The Labute approximate surface area is 162 Å². The summed E-state index contributed by atoms with van der Waals surface area (Å²) >= 11 is 0. The molecule has 0 unspecified atom stereocenters. The van der Waals surface area contributed by atoms with Crippen molar-refractivity contribution in [3.05, 3.63) is 65.7 Å². The molecule has 0 radical (unpaired) electrons. The fourth-order valence-electron chi connectivity index (χ4n) is 3.29. The first-order valence-corrected chi connectivity index (χ1v) is 9.86. The van der Waals surface area contributed by atoms with Crippen molar-refractivity contribution in [2.24, 2.45) is 5.92 Å². The Morgan fingerprint density at radius 2 is 1.67 bits per heavy atom. The number of carbonyl (C=O) groups excluding carboxylic acids is 1. The zero-order chi connectivity index (χ0) is 19.1. The largest absolute Gasteiger partial charge is 0.493 e. The number of benzene rings is 2. The average molecular weight is 367 g/mol. The van der Waals surface area contributed by atoms with Gasteiger partial charge in [-0.15, -0.1) is 0 Å². The molecule has 0 atom stereocenters. The van der Waals surface area contributed by atoms with Gasteiger partial charge in [0.05, 0.1) is 13.0 Å². The molecule has 1 saturated heterocycles. The molecule has 0 spiro atoms. The molecule has 1 aliphatic rings. The smallest absolute Gasteiger partial charge is 0.227 e. The molecule has 0 aromatic heterocycles. The summed E-state index contributed by atoms with van der Waals surface area (Å²) in [7, 11) is 0. The van der Waals surface area contributed by atoms with E-state index >= 15 is 0 Å². The molecule has 0 bridgehead atoms. The van der Waals surface area contributed by atoms with E-state index in [-0.39, 0.29) is 5.91 Å². The molecule has 2 aromatic rings. The molecule has 1 heterocycles. The second-order valence-electron chi connectivity index (χ2n) is 7.67. The zero-order valence-corrected chi connectivity index (χ0v) is 16.4. The van der Waals surface area contributed by atoms with Gasteiger partial charge in [-0.2, -0.15) is 0 Å². The fourth-order valence-corrected chi connectivity index (χ4v) is 3.29. The number of hydrogen-bond acceptors (Lipinski definition) is 3. The van der Waals surface area contributed by atoms with Gasteiger partial charge < -0.3 is 9.64 Å². The minimum absolute atomic E-state index is 0.227. The molecule has 144 valence electrons. The lowest BCUT2D eigenvalue weighted by atomic mass is 10.1. The van der Waals surface area contributed by atoms with Crippen LogP contribution in [-0.4, -0.2) is 48.5 Å². The number of rotatable bonds is 7. The first kappa shape index (κ1) is 19.4. The van der Waals surface area contributed by atoms with Gasteiger partial charge in [-0.1, -0.05) is 56.3 Å². The standard InChI is InChI=1S/C23H30N2O2/c1-19(2)18-27-22-10-6-9-21(15-22)17-24-11-13-25(14-12-24)23(26)16-20-7-4-3-5-8-20/h3-10,15,19H,11-14,16-18H2,1-2H3. The minimum atomic E-state index is 0.227. The summed E-state index contributed by atoms with van der Waals surface area (Å²) in [4.78, 5) is 16.9. The van der Waals surface area contributed by atoms with Crippen molar-refractivity contribution in [2.45, 2.75) is 26.8 Å². The average Bonchev–Trinajstić information content (AvgIpc) is 2.68. The molecular weight excluding hydrogens is 336 g/mol. The summed E-state index contributed by atoms with van der Waals surface area (Å²) in [6, 6.07) is 18.3. The van der Waals surface area contributed by atoms with Crippen LogP contribution in [-0.2, 0) is 17.8 Å². The van der Waals surface area contributed by atoms with Gasteiger partial charge in [0.25, 0.3) is 0 Å². The third kappa shape index (κ3) is 6.10. The summed E-state index contributed by atoms with van der Waals surface area (Å²) in [5.74, 6) is 1.69. The lowest BCUT2D eigenvalue weighted by Crippen LogP contribution is -2.48. The predicted molar refractivity (Wildman–Crippen MR) is 109 cm³/mol. The van der Waals surface area contributed by atoms with Crippen molar-refractivity contribution in [1.29, 1.82) is 0 Å². The van der Waals surface area contributed by atoms with Crippen LogP contribution < -0.4 is 4.74 Å². The van der Waals surface area contributed by atoms with Crippen LogP contribution in [0.5, 0.6) is 5.75 Å². The second kappa shape index (κ2) is 9.56. The maximum Gasteiger partial charge on any atom is 0.227 e. The van der Waals surface area contributed by atoms with E-state index in [9.17, 15) is 4.79 Å². The van der Waals surface area contributed by atoms with Gasteiger partial charge in [0.15, 0.2) is 0 Å². The van der Waals surface area contributed by atoms with E-state index in [1.54, 1.807) is 0 Å². The van der Waals surface area contributed by atoms with E-state index in [4.69, 9.17) is 4.74 Å². The molecule has 0 aliphatic carbocycles. The van der Waals surface area contributed by atoms with Crippen LogP contribution in [0.2, 0.25) is 0 Å². The predicted octanol–water partition coefficient (Wildman–Crippen LogP) is 3.61. The van der Waals surface area contributed by atoms with Gasteiger partial charge in [0.2, 0.25) is 5.91 Å². The Morgan fingerprint density at radius 1 is 0.963 bits per heavy atom. The topological polar surface area (TPSA) is 32.8 Å². The van der Waals surface area contributed by atoms with Gasteiger partial charge in [0.1, 0.15) is 5.75 Å². The SMILES string of the molecule is CC(C)COc1cccc(CN2CCN(C(=O)Cc3ccccc3)CC2)c1. The molecule has 2 aromatic carbocycles. The van der Waals surface area contributed by atoms with Gasteiger partial charge in [-0.05, 0) is 29.2 Å². The Morgan fingerprint density at radius 3 is 2.37 bits per heavy atom. The highest BCUT2D eigenvalue weighted by molar-refractivity contribution is 5.78. The number of hydrogen-bond donors (Lipinski definition) is 0. The Bertz CT molecular complexity index is 722. The number of amides is 1. The lowest BCUT2D eigenvalue weighted by Gasteiger charge is -2.35. The molecule has 1 amide bonds. The Balaban J connectivity index is 1.46. The molecule has 4 nitrogen and oxygen atoms in total. The van der Waals surface area contributed by atoms with Crippen molar-refractivity contribution in [3.8, 4) is 5.75 Å². The fraction of sp³-hybridized carbons (Fsp3) is 0.435. The van der Waals surface area contributed by atoms with Crippen molar-refractivity contribution < 1.29 is 9.53 Å². The summed E-state index contributed by atoms with van der Waals surface area (Å²) in [5.41, 5.74) is 2.35. The van der Waals surface area contributed by atoms with E-state index in [2.05, 4.69) is 36.9 Å². The third-order valence-electron chi connectivity index (χ3n) is 4.81. The monoisotopic (exact) mass is 366 g/mol. The Kier molecular flexibility index (Phi) is 6.88. The van der Waals surface area contributed by atoms with E-state index in [1.165, 1.54) is 5.56 Å². The number of carbonyl (C=O) groups is 1. The minimum Gasteiger partial charge on any atom is -0.493 e. The molecule has 0 N–H and O–H groups in total. The maximum atomic E-state index is 12.5. The molecule has 4 heteroatoms. The van der Waals surface area contributed by atoms with E-state index < -0.39 is 0 Å². The molecule has 3 rings (SSSR count). The molecule has 0 saturated carbocycles. The maximum absolute atomic E-state index is 12.5. The van der Waals surface area contributed by atoms with Crippen molar-refractivity contribution in [3.63, 3.8) is 0 Å². The van der Waals surface area contributed by atoms with Crippen LogP contribution in [0.25, 0.3) is 0 Å². The highest BCUT2D eigenvalue weighted by Crippen LogP contribution is 2.17. The van der Waals surface area contributed by atoms with E-state index in [0.29, 0.717) is 12.3 Å². The molecule has 27 heavy (non-hydrogen) atoms. The molecule has 1 fully saturated rings. The number of piperazine rings is 1. The van der Waals surface area contributed by atoms with E-state index in [1.807, 2.05) is 41.3 Å². The van der Waals surface area contributed by atoms with Gasteiger partial charge in [-0.3, -0.25) is 9.69 Å². The highest BCUT2D eigenvalue weighted by atomic mass is 16.5. The summed E-state index contributed by atoms with van der Waals surface area (Å²) in [6.07, 6.45) is 0.496. The van der Waals surface area contributed by atoms with Crippen molar-refractivity contribution in [1.82, 2.24) is 9.80 Å². The quantitative estimate of drug-likeness (QED) is 0.750. The van der Waals surface area contributed by atoms with Gasteiger partial charge >= 0.3 is 0 Å².